The highest BCUT2D eigenvalue weighted by Gasteiger charge is 2.31. The van der Waals surface area contributed by atoms with Gasteiger partial charge in [-0.1, -0.05) is 87.1 Å². The lowest BCUT2D eigenvalue weighted by Crippen LogP contribution is -2.44. The monoisotopic (exact) mass is 330 g/mol. The number of hydrogen-bond donors (Lipinski definition) is 0. The first kappa shape index (κ1) is 19.4. The number of carbonyl (C=O) groups excluding carboxylic acids is 1. The van der Waals surface area contributed by atoms with E-state index in [0.29, 0.717) is 5.76 Å². The van der Waals surface area contributed by atoms with E-state index in [1.165, 1.54) is 17.3 Å². The zero-order chi connectivity index (χ0) is 17.5. The van der Waals surface area contributed by atoms with E-state index in [0.717, 1.165) is 31.3 Å². The highest BCUT2D eigenvalue weighted by atomic mass is 28.3. The highest BCUT2D eigenvalue weighted by Crippen LogP contribution is 2.30. The summed E-state index contributed by atoms with van der Waals surface area (Å²) in [7, 11) is -1.82. The minimum absolute atomic E-state index is 0.293. The number of allylic oxidation sites excluding steroid dienone is 2. The number of carbonyl (C=O) groups is 1. The molecule has 126 valence electrons. The largest absolute Gasteiger partial charge is 0.427 e. The second-order valence-electron chi connectivity index (χ2n) is 6.46. The molecule has 0 unspecified atom stereocenters. The van der Waals surface area contributed by atoms with Gasteiger partial charge in [0, 0.05) is 6.92 Å². The van der Waals surface area contributed by atoms with Crippen LogP contribution in [0, 0.1) is 0 Å². The molecule has 0 fully saturated rings. The molecular weight excluding hydrogens is 300 g/mol. The quantitative estimate of drug-likeness (QED) is 0.286. The second-order valence-corrected chi connectivity index (χ2v) is 10.9. The minimum atomic E-state index is -1.82. The first-order valence-corrected chi connectivity index (χ1v) is 11.5. The van der Waals surface area contributed by atoms with E-state index in [9.17, 15) is 4.79 Å². The third kappa shape index (κ3) is 5.21. The van der Waals surface area contributed by atoms with Crippen molar-refractivity contribution in [1.82, 2.24) is 0 Å². The van der Waals surface area contributed by atoms with Gasteiger partial charge in [0.2, 0.25) is 0 Å². The number of esters is 1. The molecule has 0 aromatic heterocycles. The van der Waals surface area contributed by atoms with Gasteiger partial charge in [0.25, 0.3) is 0 Å². The molecule has 0 amide bonds. The molecule has 23 heavy (non-hydrogen) atoms. The van der Waals surface area contributed by atoms with Crippen molar-refractivity contribution in [2.75, 3.05) is 0 Å². The fourth-order valence-corrected chi connectivity index (χ4v) is 6.33. The standard InChI is InChI=1S/C20H30O2Si/c1-7-12-19(16(3)22-17(4)21)20(13-8-2)23(5,6)18-14-10-9-11-15-18/h9-11,14-15H,3,7-8,12-13H2,1-2,4-6H3/b20-19+. The van der Waals surface area contributed by atoms with Crippen LogP contribution in [0.1, 0.15) is 46.5 Å². The number of rotatable bonds is 8. The van der Waals surface area contributed by atoms with Crippen molar-refractivity contribution in [3.05, 3.63) is 53.4 Å². The van der Waals surface area contributed by atoms with Crippen molar-refractivity contribution < 1.29 is 9.53 Å². The molecule has 0 N–H and O–H groups in total. The van der Waals surface area contributed by atoms with Gasteiger partial charge in [-0.3, -0.25) is 4.79 Å². The summed E-state index contributed by atoms with van der Waals surface area (Å²) < 4.78 is 5.35. The Kier molecular flexibility index (Phi) is 7.50. The predicted molar refractivity (Wildman–Crippen MR) is 101 cm³/mol. The molecule has 0 heterocycles. The van der Waals surface area contributed by atoms with Gasteiger partial charge in [-0.25, -0.2) is 0 Å². The number of ether oxygens (including phenoxy) is 1. The van der Waals surface area contributed by atoms with E-state index in [-0.39, 0.29) is 5.97 Å². The number of benzene rings is 1. The molecule has 3 heteroatoms. The van der Waals surface area contributed by atoms with Crippen LogP contribution in [0.4, 0.5) is 0 Å². The Morgan fingerprint density at radius 3 is 2.13 bits per heavy atom. The van der Waals surface area contributed by atoms with Crippen molar-refractivity contribution >= 4 is 19.2 Å². The van der Waals surface area contributed by atoms with E-state index in [1.54, 1.807) is 0 Å². The average Bonchev–Trinajstić information content (AvgIpc) is 2.50. The summed E-state index contributed by atoms with van der Waals surface area (Å²) in [5, 5.41) is 2.87. The summed E-state index contributed by atoms with van der Waals surface area (Å²) in [6.07, 6.45) is 4.04. The predicted octanol–water partition coefficient (Wildman–Crippen LogP) is 5.11. The zero-order valence-electron chi connectivity index (χ0n) is 15.2. The summed E-state index contributed by atoms with van der Waals surface area (Å²) >= 11 is 0. The van der Waals surface area contributed by atoms with Crippen LogP contribution in [0.15, 0.2) is 53.4 Å². The van der Waals surface area contributed by atoms with E-state index in [1.807, 2.05) is 0 Å². The van der Waals surface area contributed by atoms with Crippen molar-refractivity contribution in [1.29, 1.82) is 0 Å². The molecule has 0 saturated heterocycles. The second kappa shape index (κ2) is 8.87. The van der Waals surface area contributed by atoms with Gasteiger partial charge >= 0.3 is 5.97 Å². The van der Waals surface area contributed by atoms with Gasteiger partial charge in [-0.15, -0.1) is 0 Å². The third-order valence-corrected chi connectivity index (χ3v) is 8.06. The van der Waals surface area contributed by atoms with Crippen molar-refractivity contribution in [3.63, 3.8) is 0 Å². The van der Waals surface area contributed by atoms with E-state index in [2.05, 4.69) is 63.9 Å². The van der Waals surface area contributed by atoms with Gasteiger partial charge in [0.1, 0.15) is 13.8 Å². The van der Waals surface area contributed by atoms with Crippen LogP contribution in [-0.4, -0.2) is 14.0 Å². The van der Waals surface area contributed by atoms with E-state index in [4.69, 9.17) is 4.74 Å². The van der Waals surface area contributed by atoms with Crippen molar-refractivity contribution in [2.45, 2.75) is 59.5 Å². The van der Waals surface area contributed by atoms with E-state index >= 15 is 0 Å². The fourth-order valence-electron chi connectivity index (χ4n) is 3.06. The Morgan fingerprint density at radius 2 is 1.65 bits per heavy atom. The Balaban J connectivity index is 3.42. The topological polar surface area (TPSA) is 26.3 Å². The molecular formula is C20H30O2Si. The van der Waals surface area contributed by atoms with Crippen LogP contribution in [-0.2, 0) is 9.53 Å². The van der Waals surface area contributed by atoms with Crippen LogP contribution in [0.5, 0.6) is 0 Å². The maximum Gasteiger partial charge on any atom is 0.308 e. The van der Waals surface area contributed by atoms with E-state index < -0.39 is 8.07 Å². The zero-order valence-corrected chi connectivity index (χ0v) is 16.2. The Labute approximate surface area is 142 Å². The van der Waals surface area contributed by atoms with Crippen LogP contribution in [0.2, 0.25) is 13.1 Å². The number of hydrogen-bond acceptors (Lipinski definition) is 2. The van der Waals surface area contributed by atoms with Gasteiger partial charge in [-0.05, 0) is 18.4 Å². The summed E-state index contributed by atoms with van der Waals surface area (Å²) in [6.45, 7) is 14.6. The third-order valence-electron chi connectivity index (χ3n) is 4.22. The van der Waals surface area contributed by atoms with Gasteiger partial charge in [0.15, 0.2) is 0 Å². The molecule has 0 aliphatic heterocycles. The molecule has 0 radical (unpaired) electrons. The molecule has 0 spiro atoms. The van der Waals surface area contributed by atoms with Gasteiger partial charge in [-0.2, -0.15) is 0 Å². The SMILES string of the molecule is C=C(OC(C)=O)/C(CCC)=C(\CCC)[Si](C)(C)c1ccccc1. The molecule has 0 aliphatic carbocycles. The summed E-state index contributed by atoms with van der Waals surface area (Å²) in [6, 6.07) is 10.7. The molecule has 0 bridgehead atoms. The molecule has 0 atom stereocenters. The maximum absolute atomic E-state index is 11.4. The highest BCUT2D eigenvalue weighted by molar-refractivity contribution is 6.95. The molecule has 1 aromatic carbocycles. The minimum Gasteiger partial charge on any atom is -0.427 e. The first-order valence-electron chi connectivity index (χ1n) is 8.50. The average molecular weight is 331 g/mol. The molecule has 0 saturated carbocycles. The van der Waals surface area contributed by atoms with Crippen LogP contribution in [0.3, 0.4) is 0 Å². The fraction of sp³-hybridized carbons (Fsp3) is 0.450. The van der Waals surface area contributed by atoms with Crippen molar-refractivity contribution in [2.24, 2.45) is 0 Å². The normalized spacial score (nSPS) is 12.6. The molecule has 0 aliphatic rings. The lowest BCUT2D eigenvalue weighted by molar-refractivity contribution is -0.136. The van der Waals surface area contributed by atoms with Crippen LogP contribution < -0.4 is 5.19 Å². The summed E-state index contributed by atoms with van der Waals surface area (Å²) in [5.74, 6) is 0.248. The Hall–Kier alpha value is -1.61. The Bertz CT molecular complexity index is 571. The van der Waals surface area contributed by atoms with Gasteiger partial charge < -0.3 is 4.74 Å². The lowest BCUT2D eigenvalue weighted by atomic mass is 10.1. The Morgan fingerprint density at radius 1 is 1.09 bits per heavy atom. The van der Waals surface area contributed by atoms with Crippen LogP contribution >= 0.6 is 0 Å². The first-order chi connectivity index (χ1) is 10.8. The molecule has 2 nitrogen and oxygen atoms in total. The molecule has 1 rings (SSSR count). The van der Waals surface area contributed by atoms with Gasteiger partial charge in [0.05, 0.1) is 0 Å². The maximum atomic E-state index is 11.4. The molecule has 1 aromatic rings. The lowest BCUT2D eigenvalue weighted by Gasteiger charge is -2.30. The summed E-state index contributed by atoms with van der Waals surface area (Å²) in [5.41, 5.74) is 1.16. The van der Waals surface area contributed by atoms with Crippen molar-refractivity contribution in [3.8, 4) is 0 Å². The smallest absolute Gasteiger partial charge is 0.308 e. The van der Waals surface area contributed by atoms with Crippen LogP contribution in [0.25, 0.3) is 0 Å². The summed E-state index contributed by atoms with van der Waals surface area (Å²) in [4.78, 5) is 11.4.